The molecule has 1 amide bonds. The standard InChI is InChI=1S/C25H21NO3/c1-28-22-12-10-19-14-18(8-9-20(19)15-22)21-11-13-23(24(16-21)29-2)26-25(27)17-6-4-3-5-7-17/h3-16H,1-2H3,(H,26,27). The molecule has 4 aromatic carbocycles. The summed E-state index contributed by atoms with van der Waals surface area (Å²) in [4.78, 5) is 12.5. The molecule has 0 aliphatic rings. The molecule has 0 radical (unpaired) electrons. The molecule has 0 saturated heterocycles. The van der Waals surface area contributed by atoms with E-state index in [4.69, 9.17) is 9.47 Å². The lowest BCUT2D eigenvalue weighted by molar-refractivity contribution is 0.102. The summed E-state index contributed by atoms with van der Waals surface area (Å²) < 4.78 is 10.8. The van der Waals surface area contributed by atoms with Crippen LogP contribution in [0.2, 0.25) is 0 Å². The molecule has 0 aliphatic heterocycles. The van der Waals surface area contributed by atoms with Crippen molar-refractivity contribution in [1.29, 1.82) is 0 Å². The van der Waals surface area contributed by atoms with Gasteiger partial charge in [0.1, 0.15) is 11.5 Å². The van der Waals surface area contributed by atoms with Gasteiger partial charge in [-0.15, -0.1) is 0 Å². The van der Waals surface area contributed by atoms with Crippen molar-refractivity contribution in [2.75, 3.05) is 19.5 Å². The second-order valence-corrected chi connectivity index (χ2v) is 6.66. The van der Waals surface area contributed by atoms with Crippen molar-refractivity contribution in [2.45, 2.75) is 0 Å². The highest BCUT2D eigenvalue weighted by Crippen LogP contribution is 2.33. The van der Waals surface area contributed by atoms with E-state index >= 15 is 0 Å². The van der Waals surface area contributed by atoms with E-state index in [9.17, 15) is 4.79 Å². The maximum Gasteiger partial charge on any atom is 0.255 e. The number of nitrogens with one attached hydrogen (secondary N) is 1. The van der Waals surface area contributed by atoms with Crippen LogP contribution in [0.3, 0.4) is 0 Å². The number of hydrogen-bond donors (Lipinski definition) is 1. The Bertz CT molecular complexity index is 1170. The Morgan fingerprint density at radius 3 is 2.17 bits per heavy atom. The van der Waals surface area contributed by atoms with E-state index in [2.05, 4.69) is 23.5 Å². The van der Waals surface area contributed by atoms with Gasteiger partial charge in [0, 0.05) is 5.56 Å². The first-order valence-electron chi connectivity index (χ1n) is 9.30. The summed E-state index contributed by atoms with van der Waals surface area (Å²) in [5.74, 6) is 1.28. The maximum absolute atomic E-state index is 12.5. The second-order valence-electron chi connectivity index (χ2n) is 6.66. The lowest BCUT2D eigenvalue weighted by Gasteiger charge is -2.13. The third kappa shape index (κ3) is 3.92. The van der Waals surface area contributed by atoms with E-state index in [0.29, 0.717) is 17.0 Å². The summed E-state index contributed by atoms with van der Waals surface area (Å²) in [6.45, 7) is 0. The van der Waals surface area contributed by atoms with Gasteiger partial charge in [0.25, 0.3) is 5.91 Å². The zero-order valence-corrected chi connectivity index (χ0v) is 16.3. The molecule has 0 bridgehead atoms. The molecule has 4 heteroatoms. The molecule has 0 aromatic heterocycles. The molecule has 0 unspecified atom stereocenters. The van der Waals surface area contributed by atoms with Crippen molar-refractivity contribution >= 4 is 22.4 Å². The van der Waals surface area contributed by atoms with Crippen molar-refractivity contribution in [1.82, 2.24) is 0 Å². The Morgan fingerprint density at radius 1 is 0.724 bits per heavy atom. The largest absolute Gasteiger partial charge is 0.497 e. The summed E-state index contributed by atoms with van der Waals surface area (Å²) in [5.41, 5.74) is 3.32. The Morgan fingerprint density at radius 2 is 1.41 bits per heavy atom. The van der Waals surface area contributed by atoms with E-state index in [0.717, 1.165) is 27.6 Å². The van der Waals surface area contributed by atoms with Crippen LogP contribution < -0.4 is 14.8 Å². The normalized spacial score (nSPS) is 10.6. The number of carbonyl (C=O) groups excluding carboxylic acids is 1. The molecule has 1 N–H and O–H groups in total. The smallest absolute Gasteiger partial charge is 0.255 e. The fourth-order valence-corrected chi connectivity index (χ4v) is 3.29. The zero-order valence-electron chi connectivity index (χ0n) is 16.3. The predicted octanol–water partition coefficient (Wildman–Crippen LogP) is 5.78. The van der Waals surface area contributed by atoms with E-state index in [1.807, 2.05) is 54.6 Å². The zero-order chi connectivity index (χ0) is 20.2. The van der Waals surface area contributed by atoms with Gasteiger partial charge in [0.15, 0.2) is 0 Å². The molecule has 0 aliphatic carbocycles. The number of ether oxygens (including phenoxy) is 2. The minimum atomic E-state index is -0.170. The first-order chi connectivity index (χ1) is 14.2. The van der Waals surface area contributed by atoms with Crippen LogP contribution in [0.4, 0.5) is 5.69 Å². The van der Waals surface area contributed by atoms with Crippen LogP contribution in [0.25, 0.3) is 21.9 Å². The van der Waals surface area contributed by atoms with E-state index in [1.165, 1.54) is 0 Å². The summed E-state index contributed by atoms with van der Waals surface area (Å²) in [7, 11) is 3.27. The predicted molar refractivity (Wildman–Crippen MR) is 117 cm³/mol. The van der Waals surface area contributed by atoms with Crippen LogP contribution in [0.1, 0.15) is 10.4 Å². The minimum absolute atomic E-state index is 0.170. The van der Waals surface area contributed by atoms with Gasteiger partial charge < -0.3 is 14.8 Å². The average molecular weight is 383 g/mol. The third-order valence-electron chi connectivity index (χ3n) is 4.87. The monoisotopic (exact) mass is 383 g/mol. The number of anilines is 1. The molecular formula is C25H21NO3. The molecule has 0 spiro atoms. The number of benzene rings is 4. The number of amides is 1. The summed E-state index contributed by atoms with van der Waals surface area (Å²) in [6, 6.07) is 27.2. The highest BCUT2D eigenvalue weighted by molar-refractivity contribution is 6.05. The second kappa shape index (κ2) is 8.07. The van der Waals surface area contributed by atoms with Gasteiger partial charge in [-0.2, -0.15) is 0 Å². The molecular weight excluding hydrogens is 362 g/mol. The first kappa shape index (κ1) is 18.6. The number of methoxy groups -OCH3 is 2. The Kier molecular flexibility index (Phi) is 5.16. The Hall–Kier alpha value is -3.79. The lowest BCUT2D eigenvalue weighted by Crippen LogP contribution is -2.12. The molecule has 0 fully saturated rings. The maximum atomic E-state index is 12.5. The fourth-order valence-electron chi connectivity index (χ4n) is 3.29. The van der Waals surface area contributed by atoms with E-state index in [-0.39, 0.29) is 5.91 Å². The van der Waals surface area contributed by atoms with Gasteiger partial charge in [-0.05, 0) is 64.4 Å². The Balaban J connectivity index is 1.64. The molecule has 0 atom stereocenters. The van der Waals surface area contributed by atoms with Crippen molar-refractivity contribution in [2.24, 2.45) is 0 Å². The van der Waals surface area contributed by atoms with Crippen molar-refractivity contribution in [3.63, 3.8) is 0 Å². The lowest BCUT2D eigenvalue weighted by atomic mass is 10.0. The molecule has 29 heavy (non-hydrogen) atoms. The quantitative estimate of drug-likeness (QED) is 0.475. The SMILES string of the molecule is COc1ccc2cc(-c3ccc(NC(=O)c4ccccc4)c(OC)c3)ccc2c1. The van der Waals surface area contributed by atoms with Gasteiger partial charge in [-0.25, -0.2) is 0 Å². The highest BCUT2D eigenvalue weighted by atomic mass is 16.5. The van der Waals surface area contributed by atoms with Crippen LogP contribution in [0, 0.1) is 0 Å². The van der Waals surface area contributed by atoms with Gasteiger partial charge in [-0.1, -0.05) is 42.5 Å². The van der Waals surface area contributed by atoms with Crippen molar-refractivity contribution in [3.05, 3.63) is 90.5 Å². The molecule has 4 aromatic rings. The Labute approximate surface area is 169 Å². The number of carbonyl (C=O) groups is 1. The van der Waals surface area contributed by atoms with E-state index < -0.39 is 0 Å². The van der Waals surface area contributed by atoms with Crippen LogP contribution in [-0.2, 0) is 0 Å². The van der Waals surface area contributed by atoms with Gasteiger partial charge in [-0.3, -0.25) is 4.79 Å². The van der Waals surface area contributed by atoms with Gasteiger partial charge in [0.05, 0.1) is 19.9 Å². The highest BCUT2D eigenvalue weighted by Gasteiger charge is 2.11. The third-order valence-corrected chi connectivity index (χ3v) is 4.87. The molecule has 144 valence electrons. The average Bonchev–Trinajstić information content (AvgIpc) is 2.79. The van der Waals surface area contributed by atoms with Gasteiger partial charge in [0.2, 0.25) is 0 Å². The van der Waals surface area contributed by atoms with Crippen molar-refractivity contribution in [3.8, 4) is 22.6 Å². The topological polar surface area (TPSA) is 47.6 Å². The minimum Gasteiger partial charge on any atom is -0.497 e. The fraction of sp³-hybridized carbons (Fsp3) is 0.0800. The summed E-state index contributed by atoms with van der Waals surface area (Å²) in [5, 5.41) is 5.17. The van der Waals surface area contributed by atoms with Crippen molar-refractivity contribution < 1.29 is 14.3 Å². The molecule has 4 nitrogen and oxygen atoms in total. The molecule has 0 saturated carbocycles. The number of hydrogen-bond acceptors (Lipinski definition) is 3. The molecule has 0 heterocycles. The number of fused-ring (bicyclic) bond motifs is 1. The van der Waals surface area contributed by atoms with Crippen LogP contribution in [0.15, 0.2) is 84.9 Å². The van der Waals surface area contributed by atoms with Crippen LogP contribution in [0.5, 0.6) is 11.5 Å². The molecule has 4 rings (SSSR count). The van der Waals surface area contributed by atoms with E-state index in [1.54, 1.807) is 26.4 Å². The summed E-state index contributed by atoms with van der Waals surface area (Å²) >= 11 is 0. The number of rotatable bonds is 5. The van der Waals surface area contributed by atoms with Gasteiger partial charge >= 0.3 is 0 Å². The van der Waals surface area contributed by atoms with Crippen LogP contribution >= 0.6 is 0 Å². The summed E-state index contributed by atoms with van der Waals surface area (Å²) in [6.07, 6.45) is 0. The first-order valence-corrected chi connectivity index (χ1v) is 9.30. The van der Waals surface area contributed by atoms with Crippen LogP contribution in [-0.4, -0.2) is 20.1 Å².